The van der Waals surface area contributed by atoms with Crippen LogP contribution in [-0.4, -0.2) is 15.1 Å². The average Bonchev–Trinajstić information content (AvgIpc) is 2.25. The van der Waals surface area contributed by atoms with Crippen molar-refractivity contribution in [2.24, 2.45) is 0 Å². The molecule has 0 aliphatic heterocycles. The van der Waals surface area contributed by atoms with E-state index in [2.05, 4.69) is 25.9 Å². The first kappa shape index (κ1) is 12.2. The van der Waals surface area contributed by atoms with E-state index in [1.165, 1.54) is 11.8 Å². The third-order valence-corrected chi connectivity index (χ3v) is 3.45. The van der Waals surface area contributed by atoms with Crippen molar-refractivity contribution in [3.63, 3.8) is 0 Å². The molecule has 0 radical (unpaired) electrons. The van der Waals surface area contributed by atoms with Gasteiger partial charge in [-0.05, 0) is 18.2 Å². The van der Waals surface area contributed by atoms with Gasteiger partial charge in [0, 0.05) is 9.37 Å². The van der Waals surface area contributed by atoms with Crippen LogP contribution >= 0.6 is 27.7 Å². The summed E-state index contributed by atoms with van der Waals surface area (Å²) >= 11 is 4.92. The Kier molecular flexibility index (Phi) is 3.86. The fourth-order valence-corrected chi connectivity index (χ4v) is 2.65. The molecule has 0 unspecified atom stereocenters. The number of rotatable bonds is 3. The lowest BCUT2D eigenvalue weighted by Gasteiger charge is -2.02. The normalized spacial score (nSPS) is 10.4. The molecule has 2 rings (SSSR count). The highest BCUT2D eigenvalue weighted by Crippen LogP contribution is 2.24. The van der Waals surface area contributed by atoms with Gasteiger partial charge in [-0.25, -0.2) is 0 Å². The van der Waals surface area contributed by atoms with Gasteiger partial charge in [0.25, 0.3) is 5.56 Å². The van der Waals surface area contributed by atoms with Crippen LogP contribution in [0.15, 0.2) is 44.5 Å². The molecular formula is C11H9BrN2O2S. The number of benzene rings is 1. The van der Waals surface area contributed by atoms with E-state index in [-0.39, 0.29) is 11.4 Å². The fraction of sp³-hybridized carbons (Fsp3) is 0.0909. The van der Waals surface area contributed by atoms with Gasteiger partial charge in [0.1, 0.15) is 5.82 Å². The Morgan fingerprint density at radius 2 is 2.24 bits per heavy atom. The van der Waals surface area contributed by atoms with E-state index in [1.54, 1.807) is 0 Å². The van der Waals surface area contributed by atoms with Gasteiger partial charge in [-0.15, -0.1) is 11.8 Å². The Hall–Kier alpha value is -1.27. The second-order valence-electron chi connectivity index (χ2n) is 3.30. The lowest BCUT2D eigenvalue weighted by molar-refractivity contribution is 0.449. The van der Waals surface area contributed by atoms with E-state index in [0.717, 1.165) is 15.4 Å². The molecule has 2 N–H and O–H groups in total. The van der Waals surface area contributed by atoms with Crippen molar-refractivity contribution >= 4 is 27.7 Å². The lowest BCUT2D eigenvalue weighted by atomic mass is 10.4. The van der Waals surface area contributed by atoms with Crippen LogP contribution in [0.5, 0.6) is 5.88 Å². The van der Waals surface area contributed by atoms with Gasteiger partial charge in [-0.3, -0.25) is 4.79 Å². The molecule has 0 atom stereocenters. The van der Waals surface area contributed by atoms with Crippen molar-refractivity contribution in [3.05, 3.63) is 51.0 Å². The van der Waals surface area contributed by atoms with Crippen molar-refractivity contribution in [2.45, 2.75) is 10.6 Å². The predicted molar refractivity (Wildman–Crippen MR) is 70.2 cm³/mol. The maximum Gasteiger partial charge on any atom is 0.254 e. The maximum atomic E-state index is 11.1. The maximum absolute atomic E-state index is 11.1. The molecule has 0 saturated heterocycles. The molecule has 2 aromatic rings. The second-order valence-corrected chi connectivity index (χ2v) is 5.26. The highest BCUT2D eigenvalue weighted by Gasteiger charge is 2.01. The van der Waals surface area contributed by atoms with Gasteiger partial charge < -0.3 is 10.1 Å². The molecule has 0 fully saturated rings. The molecule has 0 spiro atoms. The number of thioether (sulfide) groups is 1. The van der Waals surface area contributed by atoms with Gasteiger partial charge in [0.15, 0.2) is 0 Å². The van der Waals surface area contributed by atoms with Crippen molar-refractivity contribution in [1.82, 2.24) is 9.97 Å². The van der Waals surface area contributed by atoms with E-state index in [0.29, 0.717) is 11.6 Å². The topological polar surface area (TPSA) is 66.0 Å². The summed E-state index contributed by atoms with van der Waals surface area (Å²) in [5, 5.41) is 9.19. The van der Waals surface area contributed by atoms with Crippen LogP contribution in [0.2, 0.25) is 0 Å². The number of aromatic amines is 1. The molecule has 0 saturated carbocycles. The van der Waals surface area contributed by atoms with Crippen molar-refractivity contribution in [3.8, 4) is 5.88 Å². The third-order valence-electron chi connectivity index (χ3n) is 1.95. The summed E-state index contributed by atoms with van der Waals surface area (Å²) in [6.07, 6.45) is 0. The SMILES string of the molecule is O=c1cc(O)nc(CSc2cccc(Br)c2)[nH]1. The van der Waals surface area contributed by atoms with Gasteiger partial charge in [-0.2, -0.15) is 4.98 Å². The third kappa shape index (κ3) is 3.61. The fourth-order valence-electron chi connectivity index (χ4n) is 1.27. The number of halogens is 1. The summed E-state index contributed by atoms with van der Waals surface area (Å²) in [6, 6.07) is 8.87. The summed E-state index contributed by atoms with van der Waals surface area (Å²) in [4.78, 5) is 18.6. The van der Waals surface area contributed by atoms with Crippen molar-refractivity contribution < 1.29 is 5.11 Å². The average molecular weight is 313 g/mol. The zero-order valence-corrected chi connectivity index (χ0v) is 11.1. The minimum Gasteiger partial charge on any atom is -0.493 e. The van der Waals surface area contributed by atoms with Gasteiger partial charge in [0.05, 0.1) is 11.8 Å². The van der Waals surface area contributed by atoms with Crippen LogP contribution in [0.3, 0.4) is 0 Å². The summed E-state index contributed by atoms with van der Waals surface area (Å²) in [5.41, 5.74) is -0.345. The van der Waals surface area contributed by atoms with Crippen LogP contribution in [0.4, 0.5) is 0 Å². The Balaban J connectivity index is 2.09. The van der Waals surface area contributed by atoms with Crippen molar-refractivity contribution in [1.29, 1.82) is 0 Å². The van der Waals surface area contributed by atoms with Crippen LogP contribution < -0.4 is 5.56 Å². The van der Waals surface area contributed by atoms with Gasteiger partial charge in [-0.1, -0.05) is 22.0 Å². The smallest absolute Gasteiger partial charge is 0.254 e. The molecule has 6 heteroatoms. The molecule has 1 aromatic heterocycles. The first-order valence-corrected chi connectivity index (χ1v) is 6.59. The zero-order chi connectivity index (χ0) is 12.3. The number of hydrogen-bond acceptors (Lipinski definition) is 4. The van der Waals surface area contributed by atoms with E-state index in [4.69, 9.17) is 0 Å². The summed E-state index contributed by atoms with van der Waals surface area (Å²) in [5.74, 6) is 0.707. The minimum absolute atomic E-state index is 0.251. The van der Waals surface area contributed by atoms with E-state index < -0.39 is 0 Å². The molecule has 0 aliphatic carbocycles. The Bertz CT molecular complexity index is 586. The first-order chi connectivity index (χ1) is 8.13. The van der Waals surface area contributed by atoms with E-state index in [9.17, 15) is 9.90 Å². The molecule has 17 heavy (non-hydrogen) atoms. The Labute approximate surface area is 110 Å². The Morgan fingerprint density at radius 3 is 2.94 bits per heavy atom. The first-order valence-electron chi connectivity index (χ1n) is 4.81. The number of nitrogens with one attached hydrogen (secondary N) is 1. The zero-order valence-electron chi connectivity index (χ0n) is 8.68. The molecular weight excluding hydrogens is 304 g/mol. The molecule has 0 amide bonds. The minimum atomic E-state index is -0.345. The largest absolute Gasteiger partial charge is 0.493 e. The number of aromatic hydroxyl groups is 1. The van der Waals surface area contributed by atoms with Crippen LogP contribution in [0.1, 0.15) is 5.82 Å². The standard InChI is InChI=1S/C11H9BrN2O2S/c12-7-2-1-3-8(4-7)17-6-9-13-10(15)5-11(16)14-9/h1-5H,6H2,(H2,13,14,15,16). The van der Waals surface area contributed by atoms with Crippen LogP contribution in [-0.2, 0) is 5.75 Å². The van der Waals surface area contributed by atoms with Crippen molar-refractivity contribution in [2.75, 3.05) is 0 Å². The lowest BCUT2D eigenvalue weighted by Crippen LogP contribution is -2.08. The Morgan fingerprint density at radius 1 is 1.41 bits per heavy atom. The van der Waals surface area contributed by atoms with Gasteiger partial charge in [0.2, 0.25) is 5.88 Å². The van der Waals surface area contributed by atoms with E-state index in [1.807, 2.05) is 24.3 Å². The molecule has 4 nitrogen and oxygen atoms in total. The molecule has 1 heterocycles. The molecule has 0 bridgehead atoms. The summed E-state index contributed by atoms with van der Waals surface area (Å²) in [6.45, 7) is 0. The van der Waals surface area contributed by atoms with Gasteiger partial charge >= 0.3 is 0 Å². The summed E-state index contributed by atoms with van der Waals surface area (Å²) in [7, 11) is 0. The second kappa shape index (κ2) is 5.37. The molecule has 1 aromatic carbocycles. The molecule has 0 aliphatic rings. The monoisotopic (exact) mass is 312 g/mol. The van der Waals surface area contributed by atoms with E-state index >= 15 is 0 Å². The number of aromatic nitrogens is 2. The number of H-pyrrole nitrogens is 1. The van der Waals surface area contributed by atoms with Crippen LogP contribution in [0, 0.1) is 0 Å². The molecule has 88 valence electrons. The predicted octanol–water partition coefficient (Wildman–Crippen LogP) is 2.53. The summed E-state index contributed by atoms with van der Waals surface area (Å²) < 4.78 is 1.000. The quantitative estimate of drug-likeness (QED) is 0.855. The van der Waals surface area contributed by atoms with Crippen LogP contribution in [0.25, 0.3) is 0 Å². The number of hydrogen-bond donors (Lipinski definition) is 2. The highest BCUT2D eigenvalue weighted by atomic mass is 79.9. The number of nitrogens with zero attached hydrogens (tertiary/aromatic N) is 1. The highest BCUT2D eigenvalue weighted by molar-refractivity contribution is 9.10.